The zero-order valence-electron chi connectivity index (χ0n) is 13.0. The van der Waals surface area contributed by atoms with Crippen LogP contribution in [0, 0.1) is 6.92 Å². The summed E-state index contributed by atoms with van der Waals surface area (Å²) in [5.74, 6) is 0.294. The Hall–Kier alpha value is -1.72. The Morgan fingerprint density at radius 2 is 2.17 bits per heavy atom. The molecule has 3 heterocycles. The third-order valence-electron chi connectivity index (χ3n) is 4.40. The number of carbonyl (C=O) groups is 1. The van der Waals surface area contributed by atoms with E-state index in [9.17, 15) is 4.79 Å². The fourth-order valence-corrected chi connectivity index (χ4v) is 5.14. The molecular weight excluding hydrogens is 324 g/mol. The number of fused-ring (bicyclic) bond motifs is 1. The molecule has 3 aromatic rings. The number of hydrogen-bond acceptors (Lipinski definition) is 4. The first-order valence-electron chi connectivity index (χ1n) is 7.93. The first-order chi connectivity index (χ1) is 11.2. The van der Waals surface area contributed by atoms with Crippen LogP contribution in [-0.2, 0) is 11.2 Å². The summed E-state index contributed by atoms with van der Waals surface area (Å²) >= 11 is 3.52. The van der Waals surface area contributed by atoms with E-state index >= 15 is 0 Å². The van der Waals surface area contributed by atoms with Crippen LogP contribution in [0.3, 0.4) is 0 Å². The average molecular weight is 342 g/mol. The zero-order chi connectivity index (χ0) is 15.8. The van der Waals surface area contributed by atoms with Crippen LogP contribution < -0.4 is 0 Å². The molecular formula is C18H18N2OS2. The highest BCUT2D eigenvalue weighted by molar-refractivity contribution is 7.22. The van der Waals surface area contributed by atoms with E-state index in [1.807, 2.05) is 16.2 Å². The monoisotopic (exact) mass is 342 g/mol. The first-order valence-corrected chi connectivity index (χ1v) is 9.62. The lowest BCUT2D eigenvalue weighted by Gasteiger charge is -2.13. The van der Waals surface area contributed by atoms with Gasteiger partial charge in [0.2, 0.25) is 5.91 Å². The van der Waals surface area contributed by atoms with Gasteiger partial charge in [-0.2, -0.15) is 0 Å². The second-order valence-electron chi connectivity index (χ2n) is 5.91. The minimum absolute atomic E-state index is 0.294. The van der Waals surface area contributed by atoms with E-state index in [1.54, 1.807) is 11.3 Å². The summed E-state index contributed by atoms with van der Waals surface area (Å²) in [4.78, 5) is 19.7. The molecule has 1 aliphatic heterocycles. The predicted octanol–water partition coefficient (Wildman–Crippen LogP) is 4.50. The molecule has 0 saturated carbocycles. The fourth-order valence-electron chi connectivity index (χ4n) is 3.12. The van der Waals surface area contributed by atoms with Crippen molar-refractivity contribution in [1.82, 2.24) is 9.88 Å². The highest BCUT2D eigenvalue weighted by Gasteiger charge is 2.20. The molecule has 5 heteroatoms. The number of aryl methyl sites for hydroxylation is 1. The average Bonchev–Trinajstić information content (AvgIpc) is 3.25. The second-order valence-corrected chi connectivity index (χ2v) is 7.91. The van der Waals surface area contributed by atoms with Crippen molar-refractivity contribution in [3.63, 3.8) is 0 Å². The smallest absolute Gasteiger partial charge is 0.222 e. The Bertz CT molecular complexity index is 865. The van der Waals surface area contributed by atoms with Crippen LogP contribution in [0.4, 0.5) is 0 Å². The minimum atomic E-state index is 0.294. The zero-order valence-corrected chi connectivity index (χ0v) is 14.7. The maximum Gasteiger partial charge on any atom is 0.222 e. The van der Waals surface area contributed by atoms with E-state index in [0.29, 0.717) is 12.3 Å². The van der Waals surface area contributed by atoms with E-state index < -0.39 is 0 Å². The van der Waals surface area contributed by atoms with Gasteiger partial charge in [-0.25, -0.2) is 4.98 Å². The SMILES string of the molecule is Cc1c(-c2csc(CCN3CCCC3=O)n2)sc2ccccc12. The van der Waals surface area contributed by atoms with Crippen LogP contribution in [0.5, 0.6) is 0 Å². The number of likely N-dealkylation sites (tertiary alicyclic amines) is 1. The predicted molar refractivity (Wildman–Crippen MR) is 97.2 cm³/mol. The van der Waals surface area contributed by atoms with Gasteiger partial charge in [-0.05, 0) is 30.4 Å². The van der Waals surface area contributed by atoms with E-state index in [2.05, 4.69) is 36.6 Å². The van der Waals surface area contributed by atoms with E-state index in [4.69, 9.17) is 4.98 Å². The number of thiophene rings is 1. The number of hydrogen-bond donors (Lipinski definition) is 0. The van der Waals surface area contributed by atoms with Crippen molar-refractivity contribution >= 4 is 38.7 Å². The standard InChI is InChI=1S/C18H18N2OS2/c1-12-13-5-2-3-6-15(13)23-18(12)14-11-22-16(19-14)8-10-20-9-4-7-17(20)21/h2-3,5-6,11H,4,7-10H2,1H3. The number of thiazole rings is 1. The van der Waals surface area contributed by atoms with Crippen molar-refractivity contribution in [3.05, 3.63) is 40.2 Å². The van der Waals surface area contributed by atoms with Crippen LogP contribution in [0.25, 0.3) is 20.7 Å². The number of aromatic nitrogens is 1. The van der Waals surface area contributed by atoms with Crippen LogP contribution in [0.2, 0.25) is 0 Å². The van der Waals surface area contributed by atoms with Gasteiger partial charge in [-0.1, -0.05) is 18.2 Å². The number of benzene rings is 1. The molecule has 23 heavy (non-hydrogen) atoms. The normalized spacial score (nSPS) is 15.0. The van der Waals surface area contributed by atoms with Crippen molar-refractivity contribution in [2.24, 2.45) is 0 Å². The summed E-state index contributed by atoms with van der Waals surface area (Å²) in [6.07, 6.45) is 2.58. The molecule has 1 saturated heterocycles. The first kappa shape index (κ1) is 14.8. The number of carbonyl (C=O) groups excluding carboxylic acids is 1. The molecule has 0 aliphatic carbocycles. The van der Waals surface area contributed by atoms with Gasteiger partial charge in [0.25, 0.3) is 0 Å². The summed E-state index contributed by atoms with van der Waals surface area (Å²) < 4.78 is 1.32. The highest BCUT2D eigenvalue weighted by atomic mass is 32.1. The molecule has 118 valence electrons. The minimum Gasteiger partial charge on any atom is -0.342 e. The third kappa shape index (κ3) is 2.79. The summed E-state index contributed by atoms with van der Waals surface area (Å²) in [6.45, 7) is 3.89. The summed E-state index contributed by atoms with van der Waals surface area (Å²) in [6, 6.07) is 8.52. The quantitative estimate of drug-likeness (QED) is 0.699. The molecule has 0 unspecified atom stereocenters. The largest absolute Gasteiger partial charge is 0.342 e. The highest BCUT2D eigenvalue weighted by Crippen LogP contribution is 2.38. The fraction of sp³-hybridized carbons (Fsp3) is 0.333. The second kappa shape index (κ2) is 6.06. The lowest BCUT2D eigenvalue weighted by Crippen LogP contribution is -2.26. The molecule has 2 aromatic heterocycles. The molecule has 0 N–H and O–H groups in total. The van der Waals surface area contributed by atoms with Crippen LogP contribution >= 0.6 is 22.7 Å². The van der Waals surface area contributed by atoms with Gasteiger partial charge in [0.05, 0.1) is 15.6 Å². The molecule has 1 aromatic carbocycles. The van der Waals surface area contributed by atoms with Gasteiger partial charge in [-0.3, -0.25) is 4.79 Å². The van der Waals surface area contributed by atoms with Gasteiger partial charge < -0.3 is 4.90 Å². The van der Waals surface area contributed by atoms with Gasteiger partial charge in [0.1, 0.15) is 0 Å². The van der Waals surface area contributed by atoms with Gasteiger partial charge in [-0.15, -0.1) is 22.7 Å². The maximum atomic E-state index is 11.7. The number of nitrogens with zero attached hydrogens (tertiary/aromatic N) is 2. The third-order valence-corrected chi connectivity index (χ3v) is 6.60. The van der Waals surface area contributed by atoms with E-state index in [1.165, 1.54) is 20.5 Å². The molecule has 3 nitrogen and oxygen atoms in total. The van der Waals surface area contributed by atoms with Crippen LogP contribution in [0.15, 0.2) is 29.6 Å². The Labute approximate surface area is 143 Å². The Balaban J connectivity index is 1.54. The van der Waals surface area contributed by atoms with E-state index in [0.717, 1.165) is 36.6 Å². The molecule has 0 spiro atoms. The van der Waals surface area contributed by atoms with Crippen molar-refractivity contribution in [2.75, 3.05) is 13.1 Å². The van der Waals surface area contributed by atoms with Crippen molar-refractivity contribution in [2.45, 2.75) is 26.2 Å². The Morgan fingerprint density at radius 3 is 2.96 bits per heavy atom. The summed E-state index contributed by atoms with van der Waals surface area (Å²) in [5.41, 5.74) is 2.40. The molecule has 1 aliphatic rings. The molecule has 0 radical (unpaired) electrons. The van der Waals surface area contributed by atoms with Crippen LogP contribution in [0.1, 0.15) is 23.4 Å². The number of rotatable bonds is 4. The Kier molecular flexibility index (Phi) is 3.91. The van der Waals surface area contributed by atoms with Crippen molar-refractivity contribution < 1.29 is 4.79 Å². The molecule has 1 fully saturated rings. The van der Waals surface area contributed by atoms with Crippen molar-refractivity contribution in [1.29, 1.82) is 0 Å². The lowest BCUT2D eigenvalue weighted by atomic mass is 10.1. The molecule has 0 bridgehead atoms. The molecule has 4 rings (SSSR count). The van der Waals surface area contributed by atoms with E-state index in [-0.39, 0.29) is 0 Å². The molecule has 0 atom stereocenters. The van der Waals surface area contributed by atoms with Gasteiger partial charge in [0, 0.05) is 36.0 Å². The van der Waals surface area contributed by atoms with Crippen molar-refractivity contribution in [3.8, 4) is 10.6 Å². The topological polar surface area (TPSA) is 33.2 Å². The van der Waals surface area contributed by atoms with Gasteiger partial charge in [0.15, 0.2) is 0 Å². The Morgan fingerprint density at radius 1 is 1.30 bits per heavy atom. The number of amides is 1. The summed E-state index contributed by atoms with van der Waals surface area (Å²) in [5, 5.41) is 4.60. The van der Waals surface area contributed by atoms with Crippen LogP contribution in [-0.4, -0.2) is 28.9 Å². The maximum absolute atomic E-state index is 11.7. The molecule has 1 amide bonds. The lowest BCUT2D eigenvalue weighted by molar-refractivity contribution is -0.127. The summed E-state index contributed by atoms with van der Waals surface area (Å²) in [7, 11) is 0. The van der Waals surface area contributed by atoms with Gasteiger partial charge >= 0.3 is 0 Å².